The first kappa shape index (κ1) is 42.4. The van der Waals surface area contributed by atoms with Gasteiger partial charge in [-0.05, 0) is 134 Å². The molecule has 0 aliphatic carbocycles. The van der Waals surface area contributed by atoms with Crippen molar-refractivity contribution in [1.29, 1.82) is 0 Å². The van der Waals surface area contributed by atoms with Crippen LogP contribution in [0.15, 0.2) is 158 Å². The zero-order chi connectivity index (χ0) is 45.8. The molecule has 10 rings (SSSR count). The van der Waals surface area contributed by atoms with E-state index in [1.54, 1.807) is 0 Å². The lowest BCUT2D eigenvalue weighted by Crippen LogP contribution is -2.62. The van der Waals surface area contributed by atoms with E-state index in [2.05, 4.69) is 260 Å². The summed E-state index contributed by atoms with van der Waals surface area (Å²) in [6, 6.07) is 56.7. The summed E-state index contributed by atoms with van der Waals surface area (Å²) >= 11 is 0. The average Bonchev–Trinajstić information content (AvgIpc) is 3.64. The average molecular weight is 852 g/mol. The Balaban J connectivity index is 1.28. The lowest BCUT2D eigenvalue weighted by atomic mass is 9.35. The second-order valence-electron chi connectivity index (χ2n) is 22.3. The number of nitrogens with zero attached hydrogens (tertiary/aromatic N) is 5. The molecule has 5 nitrogen and oxygen atoms in total. The standard InChI is InChI=1S/C59H62BN5/c1-56(2,3)39-23-28-45(29-24-39)63(46-30-25-40(26-31-46)57(4,5)6)47-32-33-48-49(37-47)64(43-19-15-13-16-20-43)50-35-42(59(10,11)12)36-51-53(50)60(48)54-55(65(51)44-21-17-14-18-22-44)62-38-41(58(7,8)9)27-34-52(62)61-54/h13-38H,1-12H3. The van der Waals surface area contributed by atoms with E-state index in [4.69, 9.17) is 4.98 Å². The van der Waals surface area contributed by atoms with Crippen LogP contribution in [0, 0.1) is 0 Å². The molecule has 6 heteroatoms. The Bertz CT molecular complexity index is 3010. The van der Waals surface area contributed by atoms with Crippen LogP contribution in [-0.4, -0.2) is 16.1 Å². The predicted octanol–water partition coefficient (Wildman–Crippen LogP) is 14.1. The third-order valence-corrected chi connectivity index (χ3v) is 13.6. The van der Waals surface area contributed by atoms with Crippen molar-refractivity contribution in [3.05, 3.63) is 180 Å². The lowest BCUT2D eigenvalue weighted by molar-refractivity contribution is 0.586. The fraction of sp³-hybridized carbons (Fsp3) is 0.271. The number of anilines is 9. The van der Waals surface area contributed by atoms with Crippen LogP contribution in [0.2, 0.25) is 0 Å². The number of rotatable bonds is 5. The molecule has 65 heavy (non-hydrogen) atoms. The Kier molecular flexibility index (Phi) is 9.80. The minimum absolute atomic E-state index is 0.0407. The summed E-state index contributed by atoms with van der Waals surface area (Å²) < 4.78 is 2.36. The summed E-state index contributed by atoms with van der Waals surface area (Å²) in [6.45, 7) is 27.4. The molecule has 4 heterocycles. The first-order valence-corrected chi connectivity index (χ1v) is 23.3. The molecule has 8 aromatic rings. The first-order valence-electron chi connectivity index (χ1n) is 23.3. The maximum atomic E-state index is 5.65. The summed E-state index contributed by atoms with van der Waals surface area (Å²) in [5, 5.41) is 0. The van der Waals surface area contributed by atoms with Crippen LogP contribution in [-0.2, 0) is 21.7 Å². The first-order chi connectivity index (χ1) is 30.8. The summed E-state index contributed by atoms with van der Waals surface area (Å²) in [6.07, 6.45) is 2.33. The van der Waals surface area contributed by atoms with E-state index < -0.39 is 0 Å². The highest BCUT2D eigenvalue weighted by atomic mass is 15.3. The molecule has 0 fully saturated rings. The second kappa shape index (κ2) is 15.0. The zero-order valence-corrected chi connectivity index (χ0v) is 40.3. The van der Waals surface area contributed by atoms with Crippen LogP contribution >= 0.6 is 0 Å². The van der Waals surface area contributed by atoms with Gasteiger partial charge < -0.3 is 9.80 Å². The molecule has 6 aromatic carbocycles. The van der Waals surface area contributed by atoms with Crippen molar-refractivity contribution >= 4 is 80.2 Å². The SMILES string of the molecule is CC(C)(C)c1ccc(N(c2ccc(C(C)(C)C)cc2)c2ccc3c(c2)N(c2ccccc2)c2cc(C(C)(C)C)cc4c2B3c2nc3ccc(C(C)(C)C)cn3c2N4c2ccccc2)cc1. The maximum absolute atomic E-state index is 5.65. The molecule has 0 radical (unpaired) electrons. The largest absolute Gasteiger partial charge is 0.311 e. The number of pyridine rings is 1. The van der Waals surface area contributed by atoms with Gasteiger partial charge >= 0.3 is 0 Å². The smallest absolute Gasteiger partial charge is 0.277 e. The van der Waals surface area contributed by atoms with E-state index in [1.807, 2.05) is 0 Å². The lowest BCUT2D eigenvalue weighted by Gasteiger charge is -2.44. The molecule has 0 bridgehead atoms. The summed E-state index contributed by atoms with van der Waals surface area (Å²) in [5.74, 6) is 1.09. The van der Waals surface area contributed by atoms with Gasteiger partial charge in [0.05, 0.1) is 5.59 Å². The zero-order valence-electron chi connectivity index (χ0n) is 40.3. The van der Waals surface area contributed by atoms with E-state index in [1.165, 1.54) is 44.6 Å². The number of aromatic nitrogens is 2. The minimum atomic E-state index is -0.137. The minimum Gasteiger partial charge on any atom is -0.311 e. The fourth-order valence-corrected chi connectivity index (χ4v) is 9.79. The number of para-hydroxylation sites is 2. The van der Waals surface area contributed by atoms with Crippen LogP contribution in [0.5, 0.6) is 0 Å². The van der Waals surface area contributed by atoms with Crippen LogP contribution < -0.4 is 31.2 Å². The Labute approximate surface area is 387 Å². The second-order valence-corrected chi connectivity index (χ2v) is 22.3. The van der Waals surface area contributed by atoms with Crippen molar-refractivity contribution in [1.82, 2.24) is 9.38 Å². The quantitative estimate of drug-likeness (QED) is 0.161. The maximum Gasteiger partial charge on any atom is 0.277 e. The highest BCUT2D eigenvalue weighted by Gasteiger charge is 2.47. The monoisotopic (exact) mass is 852 g/mol. The van der Waals surface area contributed by atoms with Gasteiger partial charge in [0.2, 0.25) is 0 Å². The number of imidazole rings is 1. The van der Waals surface area contributed by atoms with Gasteiger partial charge in [-0.15, -0.1) is 0 Å². The van der Waals surface area contributed by atoms with Crippen LogP contribution in [0.4, 0.5) is 51.3 Å². The van der Waals surface area contributed by atoms with E-state index in [0.29, 0.717) is 0 Å². The molecular formula is C59H62BN5. The number of hydrogen-bond acceptors (Lipinski definition) is 4. The topological polar surface area (TPSA) is 27.0 Å². The van der Waals surface area contributed by atoms with E-state index in [9.17, 15) is 0 Å². The van der Waals surface area contributed by atoms with Gasteiger partial charge in [-0.3, -0.25) is 9.30 Å². The van der Waals surface area contributed by atoms with Gasteiger partial charge in [-0.2, -0.15) is 0 Å². The Morgan fingerprint density at radius 3 is 1.40 bits per heavy atom. The summed E-state index contributed by atoms with van der Waals surface area (Å²) in [7, 11) is 0. The van der Waals surface area contributed by atoms with E-state index in [0.717, 1.165) is 51.2 Å². The van der Waals surface area contributed by atoms with Gasteiger partial charge in [0, 0.05) is 51.7 Å². The van der Waals surface area contributed by atoms with Crippen LogP contribution in [0.3, 0.4) is 0 Å². The Hall–Kier alpha value is -6.53. The third-order valence-electron chi connectivity index (χ3n) is 13.6. The normalized spacial score (nSPS) is 13.8. The van der Waals surface area contributed by atoms with E-state index >= 15 is 0 Å². The Morgan fingerprint density at radius 1 is 0.431 bits per heavy atom. The highest BCUT2D eigenvalue weighted by molar-refractivity contribution is 7.00. The van der Waals surface area contributed by atoms with Crippen molar-refractivity contribution in [2.45, 2.75) is 105 Å². The predicted molar refractivity (Wildman–Crippen MR) is 279 cm³/mol. The molecule has 0 spiro atoms. The molecule has 0 atom stereocenters. The molecule has 0 N–H and O–H groups in total. The molecule has 2 aliphatic rings. The third kappa shape index (κ3) is 7.32. The van der Waals surface area contributed by atoms with E-state index in [-0.39, 0.29) is 28.4 Å². The Morgan fingerprint density at radius 2 is 0.892 bits per heavy atom. The van der Waals surface area contributed by atoms with Gasteiger partial charge in [0.15, 0.2) is 0 Å². The van der Waals surface area contributed by atoms with Crippen molar-refractivity contribution < 1.29 is 0 Å². The highest BCUT2D eigenvalue weighted by Crippen LogP contribution is 2.48. The molecule has 0 saturated carbocycles. The van der Waals surface area contributed by atoms with Gasteiger partial charge in [-0.1, -0.05) is 156 Å². The fourth-order valence-electron chi connectivity index (χ4n) is 9.79. The van der Waals surface area contributed by atoms with Crippen LogP contribution in [0.1, 0.15) is 105 Å². The number of hydrogen-bond donors (Lipinski definition) is 0. The van der Waals surface area contributed by atoms with Gasteiger partial charge in [-0.25, -0.2) is 4.98 Å². The molecule has 326 valence electrons. The van der Waals surface area contributed by atoms with Gasteiger partial charge in [0.25, 0.3) is 6.71 Å². The van der Waals surface area contributed by atoms with Crippen LogP contribution in [0.25, 0.3) is 5.65 Å². The molecule has 0 amide bonds. The van der Waals surface area contributed by atoms with Crippen molar-refractivity contribution in [3.63, 3.8) is 0 Å². The molecule has 2 aromatic heterocycles. The van der Waals surface area contributed by atoms with Crippen molar-refractivity contribution in [3.8, 4) is 0 Å². The summed E-state index contributed by atoms with van der Waals surface area (Å²) in [5.41, 5.74) is 18.7. The van der Waals surface area contributed by atoms with Gasteiger partial charge in [0.1, 0.15) is 11.5 Å². The molecule has 2 aliphatic heterocycles. The molecule has 0 unspecified atom stereocenters. The summed E-state index contributed by atoms with van der Waals surface area (Å²) in [4.78, 5) is 13.1. The molecular weight excluding hydrogens is 789 g/mol. The number of fused-ring (bicyclic) bond motifs is 6. The molecule has 0 saturated heterocycles. The number of benzene rings is 6. The van der Waals surface area contributed by atoms with Crippen molar-refractivity contribution in [2.75, 3.05) is 14.7 Å². The van der Waals surface area contributed by atoms with Crippen molar-refractivity contribution in [2.24, 2.45) is 0 Å².